The van der Waals surface area contributed by atoms with E-state index in [2.05, 4.69) is 10.3 Å². The lowest BCUT2D eigenvalue weighted by Crippen LogP contribution is -2.45. The standard InChI is InChI=1S/C17H21FN4O/c1-12-16(21(2)11-19-12)17(23)20-13-7-9-22(10-8-13)15-6-4-3-5-14(15)18/h3-6,11,13H,7-10H2,1-2H3,(H,20,23). The third-order valence-corrected chi connectivity index (χ3v) is 4.36. The van der Waals surface area contributed by atoms with Gasteiger partial charge in [0.25, 0.3) is 5.91 Å². The number of hydrogen-bond donors (Lipinski definition) is 1. The van der Waals surface area contributed by atoms with Gasteiger partial charge in [-0.3, -0.25) is 4.79 Å². The van der Waals surface area contributed by atoms with Crippen LogP contribution in [0, 0.1) is 12.7 Å². The molecule has 0 aliphatic carbocycles. The highest BCUT2D eigenvalue weighted by Crippen LogP contribution is 2.23. The van der Waals surface area contributed by atoms with Crippen molar-refractivity contribution in [2.24, 2.45) is 7.05 Å². The van der Waals surface area contributed by atoms with E-state index in [0.717, 1.165) is 31.6 Å². The van der Waals surface area contributed by atoms with E-state index in [0.29, 0.717) is 11.4 Å². The monoisotopic (exact) mass is 316 g/mol. The minimum absolute atomic E-state index is 0.0909. The molecule has 1 fully saturated rings. The molecule has 1 aromatic carbocycles. The molecule has 1 N–H and O–H groups in total. The van der Waals surface area contributed by atoms with E-state index >= 15 is 0 Å². The zero-order valence-corrected chi connectivity index (χ0v) is 13.4. The van der Waals surface area contributed by atoms with Crippen molar-refractivity contribution in [1.82, 2.24) is 14.9 Å². The van der Waals surface area contributed by atoms with Gasteiger partial charge in [0.15, 0.2) is 0 Å². The summed E-state index contributed by atoms with van der Waals surface area (Å²) < 4.78 is 15.6. The molecule has 2 heterocycles. The van der Waals surface area contributed by atoms with Gasteiger partial charge in [0.1, 0.15) is 11.5 Å². The molecule has 0 bridgehead atoms. The number of para-hydroxylation sites is 1. The molecule has 1 amide bonds. The van der Waals surface area contributed by atoms with E-state index in [9.17, 15) is 9.18 Å². The van der Waals surface area contributed by atoms with Gasteiger partial charge in [-0.2, -0.15) is 0 Å². The van der Waals surface area contributed by atoms with Crippen LogP contribution in [0.2, 0.25) is 0 Å². The second kappa shape index (κ2) is 6.40. The van der Waals surface area contributed by atoms with Gasteiger partial charge in [-0.05, 0) is 31.9 Å². The third-order valence-electron chi connectivity index (χ3n) is 4.36. The van der Waals surface area contributed by atoms with Crippen LogP contribution < -0.4 is 10.2 Å². The van der Waals surface area contributed by atoms with Gasteiger partial charge in [0.2, 0.25) is 0 Å². The van der Waals surface area contributed by atoms with Crippen LogP contribution in [0.3, 0.4) is 0 Å². The highest BCUT2D eigenvalue weighted by atomic mass is 19.1. The number of aromatic nitrogens is 2. The number of amides is 1. The van der Waals surface area contributed by atoms with Crippen LogP contribution in [0.5, 0.6) is 0 Å². The van der Waals surface area contributed by atoms with Crippen LogP contribution in [0.4, 0.5) is 10.1 Å². The molecular weight excluding hydrogens is 295 g/mol. The largest absolute Gasteiger partial charge is 0.369 e. The predicted octanol–water partition coefficient (Wildman–Crippen LogP) is 2.27. The number of carbonyl (C=O) groups is 1. The summed E-state index contributed by atoms with van der Waals surface area (Å²) in [7, 11) is 1.82. The Morgan fingerprint density at radius 3 is 2.61 bits per heavy atom. The summed E-state index contributed by atoms with van der Waals surface area (Å²) >= 11 is 0. The van der Waals surface area contributed by atoms with Crippen LogP contribution in [0.1, 0.15) is 29.0 Å². The van der Waals surface area contributed by atoms with Gasteiger partial charge in [0, 0.05) is 26.2 Å². The predicted molar refractivity (Wildman–Crippen MR) is 87.0 cm³/mol. The van der Waals surface area contributed by atoms with Crippen molar-refractivity contribution < 1.29 is 9.18 Å². The molecule has 1 saturated heterocycles. The summed E-state index contributed by atoms with van der Waals surface area (Å²) in [6.45, 7) is 3.29. The average Bonchev–Trinajstić information content (AvgIpc) is 2.88. The molecule has 1 aliphatic rings. The molecule has 6 heteroatoms. The fraction of sp³-hybridized carbons (Fsp3) is 0.412. The first-order valence-corrected chi connectivity index (χ1v) is 7.84. The number of nitrogens with zero attached hydrogens (tertiary/aromatic N) is 3. The van der Waals surface area contributed by atoms with Crippen molar-refractivity contribution in [2.45, 2.75) is 25.8 Å². The maximum absolute atomic E-state index is 13.8. The molecule has 0 atom stereocenters. The summed E-state index contributed by atoms with van der Waals surface area (Å²) in [6.07, 6.45) is 3.25. The Labute approximate surface area is 135 Å². The Hall–Kier alpha value is -2.37. The molecule has 0 spiro atoms. The number of piperidine rings is 1. The first-order valence-electron chi connectivity index (χ1n) is 7.84. The van der Waals surface area contributed by atoms with Crippen molar-refractivity contribution in [3.63, 3.8) is 0 Å². The van der Waals surface area contributed by atoms with Gasteiger partial charge in [-0.25, -0.2) is 9.37 Å². The molecule has 0 radical (unpaired) electrons. The van der Waals surface area contributed by atoms with Gasteiger partial charge in [-0.15, -0.1) is 0 Å². The summed E-state index contributed by atoms with van der Waals surface area (Å²) in [6, 6.07) is 6.93. The SMILES string of the molecule is Cc1ncn(C)c1C(=O)NC1CCN(c2ccccc2F)CC1. The zero-order chi connectivity index (χ0) is 16.4. The fourth-order valence-electron chi connectivity index (χ4n) is 3.10. The molecule has 1 aliphatic heterocycles. The van der Waals surface area contributed by atoms with Crippen molar-refractivity contribution in [3.05, 3.63) is 47.8 Å². The summed E-state index contributed by atoms with van der Waals surface area (Å²) in [4.78, 5) is 18.6. The molecule has 23 heavy (non-hydrogen) atoms. The number of hydrogen-bond acceptors (Lipinski definition) is 3. The number of anilines is 1. The van der Waals surface area contributed by atoms with E-state index in [1.807, 2.05) is 24.9 Å². The van der Waals surface area contributed by atoms with E-state index in [-0.39, 0.29) is 17.8 Å². The summed E-state index contributed by atoms with van der Waals surface area (Å²) in [5.41, 5.74) is 1.97. The Balaban J connectivity index is 1.60. The van der Waals surface area contributed by atoms with Gasteiger partial charge >= 0.3 is 0 Å². The maximum atomic E-state index is 13.8. The third kappa shape index (κ3) is 3.21. The number of halogens is 1. The number of carbonyl (C=O) groups excluding carboxylic acids is 1. The van der Waals surface area contributed by atoms with Crippen molar-refractivity contribution in [1.29, 1.82) is 0 Å². The Morgan fingerprint density at radius 2 is 2.00 bits per heavy atom. The number of nitrogens with one attached hydrogen (secondary N) is 1. The van der Waals surface area contributed by atoms with Crippen LogP contribution in [-0.2, 0) is 7.05 Å². The molecule has 5 nitrogen and oxygen atoms in total. The average molecular weight is 316 g/mol. The van der Waals surface area contributed by atoms with E-state index < -0.39 is 0 Å². The van der Waals surface area contributed by atoms with E-state index in [1.54, 1.807) is 23.0 Å². The first kappa shape index (κ1) is 15.5. The van der Waals surface area contributed by atoms with Crippen molar-refractivity contribution in [2.75, 3.05) is 18.0 Å². The molecule has 0 unspecified atom stereocenters. The first-order chi connectivity index (χ1) is 11.1. The molecular formula is C17H21FN4O. The minimum Gasteiger partial charge on any atom is -0.369 e. The second-order valence-electron chi connectivity index (χ2n) is 5.98. The summed E-state index contributed by atoms with van der Waals surface area (Å²) in [5, 5.41) is 3.07. The van der Waals surface area contributed by atoms with Crippen LogP contribution in [0.15, 0.2) is 30.6 Å². The van der Waals surface area contributed by atoms with E-state index in [1.165, 1.54) is 6.07 Å². The van der Waals surface area contributed by atoms with Crippen LogP contribution in [0.25, 0.3) is 0 Å². The number of benzene rings is 1. The Morgan fingerprint density at radius 1 is 1.30 bits per heavy atom. The quantitative estimate of drug-likeness (QED) is 0.945. The lowest BCUT2D eigenvalue weighted by molar-refractivity contribution is 0.0922. The lowest BCUT2D eigenvalue weighted by atomic mass is 10.0. The van der Waals surface area contributed by atoms with E-state index in [4.69, 9.17) is 0 Å². The zero-order valence-electron chi connectivity index (χ0n) is 13.4. The van der Waals surface area contributed by atoms with Crippen LogP contribution in [-0.4, -0.2) is 34.6 Å². The summed E-state index contributed by atoms with van der Waals surface area (Å²) in [5.74, 6) is -0.285. The normalized spacial score (nSPS) is 15.7. The Kier molecular flexibility index (Phi) is 4.32. The van der Waals surface area contributed by atoms with Gasteiger partial charge in [0.05, 0.1) is 17.7 Å². The topological polar surface area (TPSA) is 50.2 Å². The number of rotatable bonds is 3. The second-order valence-corrected chi connectivity index (χ2v) is 5.98. The number of aryl methyl sites for hydroxylation is 2. The fourth-order valence-corrected chi connectivity index (χ4v) is 3.10. The maximum Gasteiger partial charge on any atom is 0.270 e. The lowest BCUT2D eigenvalue weighted by Gasteiger charge is -2.34. The highest BCUT2D eigenvalue weighted by molar-refractivity contribution is 5.93. The van der Waals surface area contributed by atoms with Crippen molar-refractivity contribution in [3.8, 4) is 0 Å². The minimum atomic E-state index is -0.194. The van der Waals surface area contributed by atoms with Crippen LogP contribution >= 0.6 is 0 Å². The highest BCUT2D eigenvalue weighted by Gasteiger charge is 2.24. The van der Waals surface area contributed by atoms with Gasteiger partial charge < -0.3 is 14.8 Å². The molecule has 2 aromatic rings. The Bertz CT molecular complexity index is 685. The number of imidazole rings is 1. The smallest absolute Gasteiger partial charge is 0.270 e. The molecule has 0 saturated carbocycles. The molecule has 122 valence electrons. The molecule has 3 rings (SSSR count). The van der Waals surface area contributed by atoms with Crippen molar-refractivity contribution >= 4 is 11.6 Å². The van der Waals surface area contributed by atoms with Gasteiger partial charge in [-0.1, -0.05) is 12.1 Å². The molecule has 1 aromatic heterocycles.